The molecule has 2 aliphatic heterocycles. The number of hydrogen-bond donors (Lipinski definition) is 3. The van der Waals surface area contributed by atoms with E-state index in [1.165, 1.54) is 7.05 Å². The van der Waals surface area contributed by atoms with E-state index in [2.05, 4.69) is 21.0 Å². The quantitative estimate of drug-likeness (QED) is 0.577. The van der Waals surface area contributed by atoms with E-state index in [1.54, 1.807) is 0 Å². The number of aromatic nitrogens is 2. The number of rotatable bonds is 4. The summed E-state index contributed by atoms with van der Waals surface area (Å²) in [4.78, 5) is 11.9. The maximum Gasteiger partial charge on any atom is 0.156 e. The van der Waals surface area contributed by atoms with Gasteiger partial charge >= 0.3 is 0 Å². The van der Waals surface area contributed by atoms with Crippen LogP contribution in [0.15, 0.2) is 54.6 Å². The molecule has 5 rings (SSSR count). The lowest BCUT2D eigenvalue weighted by atomic mass is 9.89. The number of para-hydroxylation sites is 1. The smallest absolute Gasteiger partial charge is 0.156 e. The van der Waals surface area contributed by atoms with Gasteiger partial charge in [-0.05, 0) is 69.4 Å². The molecule has 1 fully saturated rings. The molecule has 1 saturated heterocycles. The van der Waals surface area contributed by atoms with Crippen LogP contribution >= 0.6 is 0 Å². The highest BCUT2D eigenvalue weighted by atomic mass is 16.5. The molecule has 0 bridgehead atoms. The third-order valence-electron chi connectivity index (χ3n) is 5.72. The normalized spacial score (nSPS) is 16.2. The van der Waals surface area contributed by atoms with Crippen molar-refractivity contribution in [2.75, 3.05) is 32.0 Å². The number of hydrogen-bond acceptors (Lipinski definition) is 6. The van der Waals surface area contributed by atoms with Gasteiger partial charge in [-0.15, -0.1) is 0 Å². The van der Waals surface area contributed by atoms with Gasteiger partial charge in [0.2, 0.25) is 0 Å². The first-order valence-electron chi connectivity index (χ1n) is 10.2. The van der Waals surface area contributed by atoms with Gasteiger partial charge in [-0.3, -0.25) is 4.79 Å². The van der Waals surface area contributed by atoms with Crippen LogP contribution < -0.4 is 21.1 Å². The summed E-state index contributed by atoms with van der Waals surface area (Å²) in [6.07, 6.45) is 2.93. The number of anilines is 1. The fourth-order valence-corrected chi connectivity index (χ4v) is 4.18. The second kappa shape index (κ2) is 8.69. The zero-order valence-corrected chi connectivity index (χ0v) is 17.1. The summed E-state index contributed by atoms with van der Waals surface area (Å²) in [5.74, 6) is 2.39. The first-order valence-corrected chi connectivity index (χ1v) is 10.2. The molecule has 4 N–H and O–H groups in total. The van der Waals surface area contributed by atoms with E-state index in [0.717, 1.165) is 67.3 Å². The second-order valence-corrected chi connectivity index (χ2v) is 7.41. The molecule has 0 atom stereocenters. The van der Waals surface area contributed by atoms with E-state index in [4.69, 9.17) is 9.84 Å². The van der Waals surface area contributed by atoms with E-state index < -0.39 is 0 Å². The molecule has 2 aromatic carbocycles. The molecule has 0 amide bonds. The van der Waals surface area contributed by atoms with Crippen LogP contribution in [-0.2, 0) is 5.54 Å². The summed E-state index contributed by atoms with van der Waals surface area (Å²) >= 11 is 0. The van der Waals surface area contributed by atoms with E-state index in [0.29, 0.717) is 5.56 Å². The van der Waals surface area contributed by atoms with E-state index in [1.807, 2.05) is 54.6 Å². The first-order chi connectivity index (χ1) is 14.8. The highest BCUT2D eigenvalue weighted by Gasteiger charge is 2.42. The summed E-state index contributed by atoms with van der Waals surface area (Å²) in [6.45, 7) is 2.78. The predicted molar refractivity (Wildman–Crippen MR) is 118 cm³/mol. The number of carbonyl (C=O) groups excluding carboxylic acids is 1. The highest BCUT2D eigenvalue weighted by molar-refractivity contribution is 5.93. The Kier molecular flexibility index (Phi) is 5.83. The first kappa shape index (κ1) is 20.1. The molecule has 3 aromatic rings. The van der Waals surface area contributed by atoms with Gasteiger partial charge in [0.1, 0.15) is 23.0 Å². The van der Waals surface area contributed by atoms with Gasteiger partial charge in [0.05, 0.1) is 11.1 Å². The molecule has 0 saturated carbocycles. The van der Waals surface area contributed by atoms with Crippen molar-refractivity contribution in [1.29, 1.82) is 0 Å². The maximum atomic E-state index is 11.9. The van der Waals surface area contributed by atoms with Crippen molar-refractivity contribution in [3.63, 3.8) is 0 Å². The van der Waals surface area contributed by atoms with Crippen LogP contribution in [0.2, 0.25) is 0 Å². The Balaban J connectivity index is 0.00000106. The van der Waals surface area contributed by atoms with Gasteiger partial charge < -0.3 is 21.1 Å². The fraction of sp³-hybridized carbons (Fsp3) is 0.304. The van der Waals surface area contributed by atoms with Crippen LogP contribution in [0.4, 0.5) is 5.82 Å². The predicted octanol–water partition coefficient (Wildman–Crippen LogP) is 3.23. The van der Waals surface area contributed by atoms with E-state index in [-0.39, 0.29) is 5.54 Å². The van der Waals surface area contributed by atoms with Crippen LogP contribution in [0.25, 0.3) is 11.3 Å². The molecule has 1 aromatic heterocycles. The van der Waals surface area contributed by atoms with Gasteiger partial charge in [-0.1, -0.05) is 18.2 Å². The largest absolute Gasteiger partial charge is 0.457 e. The van der Waals surface area contributed by atoms with Crippen LogP contribution in [0.1, 0.15) is 23.2 Å². The summed E-state index contributed by atoms with van der Waals surface area (Å²) in [7, 11) is 1.50. The summed E-state index contributed by atoms with van der Waals surface area (Å²) in [5.41, 5.74) is 6.73. The minimum Gasteiger partial charge on any atom is -0.457 e. The molecule has 0 aliphatic carbocycles. The molecular weight excluding hydrogens is 378 g/mol. The van der Waals surface area contributed by atoms with Crippen molar-refractivity contribution in [3.05, 3.63) is 60.2 Å². The summed E-state index contributed by atoms with van der Waals surface area (Å²) < 4.78 is 7.92. The highest BCUT2D eigenvalue weighted by Crippen LogP contribution is 2.40. The van der Waals surface area contributed by atoms with Gasteiger partial charge in [-0.2, -0.15) is 5.10 Å². The van der Waals surface area contributed by atoms with Gasteiger partial charge in [0.25, 0.3) is 0 Å². The summed E-state index contributed by atoms with van der Waals surface area (Å²) in [6, 6.07) is 17.4. The van der Waals surface area contributed by atoms with Crippen molar-refractivity contribution in [2.24, 2.45) is 5.73 Å². The fourth-order valence-electron chi connectivity index (χ4n) is 4.18. The number of nitrogens with two attached hydrogens (primary N) is 1. The number of fused-ring (bicyclic) bond motifs is 2. The van der Waals surface area contributed by atoms with Crippen LogP contribution in [0, 0.1) is 0 Å². The van der Waals surface area contributed by atoms with Gasteiger partial charge in [0.15, 0.2) is 6.29 Å². The number of aldehydes is 1. The number of nitrogens with zero attached hydrogens (tertiary/aromatic N) is 2. The minimum absolute atomic E-state index is 0.0348. The van der Waals surface area contributed by atoms with Crippen LogP contribution in [0.3, 0.4) is 0 Å². The Labute approximate surface area is 176 Å². The van der Waals surface area contributed by atoms with Crippen molar-refractivity contribution < 1.29 is 9.53 Å². The topological polar surface area (TPSA) is 94.2 Å². The van der Waals surface area contributed by atoms with Crippen molar-refractivity contribution in [2.45, 2.75) is 18.4 Å². The molecule has 2 aliphatic rings. The average Bonchev–Trinajstić information content (AvgIpc) is 3.35. The molecule has 7 nitrogen and oxygen atoms in total. The Morgan fingerprint density at radius 1 is 1.03 bits per heavy atom. The average molecular weight is 406 g/mol. The standard InChI is InChI=1S/C22H22N4O2.CH5N/c27-14-19-20(25-26-21(19)24-15-22(26)10-12-23-13-11-22)16-6-8-18(9-7-16)28-17-4-2-1-3-5-17;1-2/h1-9,14,23-24H,10-13,15H2;2H2,1H3. The summed E-state index contributed by atoms with van der Waals surface area (Å²) in [5, 5.41) is 11.7. The lowest BCUT2D eigenvalue weighted by molar-refractivity contribution is 0.112. The number of carbonyl (C=O) groups is 1. The maximum absolute atomic E-state index is 11.9. The van der Waals surface area contributed by atoms with Crippen LogP contribution in [0.5, 0.6) is 11.5 Å². The monoisotopic (exact) mass is 405 g/mol. The van der Waals surface area contributed by atoms with Gasteiger partial charge in [0, 0.05) is 12.1 Å². The number of piperidine rings is 1. The molecule has 0 unspecified atom stereocenters. The zero-order valence-electron chi connectivity index (χ0n) is 17.1. The Morgan fingerprint density at radius 3 is 2.37 bits per heavy atom. The Bertz CT molecular complexity index is 992. The van der Waals surface area contributed by atoms with Crippen LogP contribution in [-0.4, -0.2) is 42.7 Å². The molecule has 156 valence electrons. The van der Waals surface area contributed by atoms with Crippen molar-refractivity contribution in [3.8, 4) is 22.8 Å². The molecule has 1 spiro atoms. The van der Waals surface area contributed by atoms with Crippen molar-refractivity contribution >= 4 is 12.1 Å². The molecule has 7 heteroatoms. The molecule has 30 heavy (non-hydrogen) atoms. The lowest BCUT2D eigenvalue weighted by Gasteiger charge is -2.33. The number of benzene rings is 2. The zero-order chi connectivity index (χ0) is 21.0. The SMILES string of the molecule is CN.O=Cc1c(-c2ccc(Oc3ccccc3)cc2)nn2c1NCC21CCNCC1. The second-order valence-electron chi connectivity index (χ2n) is 7.41. The van der Waals surface area contributed by atoms with Gasteiger partial charge in [-0.25, -0.2) is 4.68 Å². The van der Waals surface area contributed by atoms with E-state index >= 15 is 0 Å². The van der Waals surface area contributed by atoms with E-state index in [9.17, 15) is 4.79 Å². The van der Waals surface area contributed by atoms with Crippen molar-refractivity contribution in [1.82, 2.24) is 15.1 Å². The third kappa shape index (κ3) is 3.58. The Morgan fingerprint density at radius 2 is 1.70 bits per heavy atom. The third-order valence-corrected chi connectivity index (χ3v) is 5.72. The minimum atomic E-state index is -0.0348. The Hall–Kier alpha value is -3.16. The number of ether oxygens (including phenoxy) is 1. The molecule has 3 heterocycles. The lowest BCUT2D eigenvalue weighted by Crippen LogP contribution is -2.45. The number of nitrogens with one attached hydrogen (secondary N) is 2. The molecular formula is C23H27N5O2. The molecule has 0 radical (unpaired) electrons.